The molecular formula is C16H21N3O. The van der Waals surface area contributed by atoms with E-state index in [1.165, 1.54) is 5.56 Å². The van der Waals surface area contributed by atoms with Gasteiger partial charge in [-0.3, -0.25) is 0 Å². The van der Waals surface area contributed by atoms with Crippen LogP contribution in [0, 0.1) is 0 Å². The normalized spacial score (nSPS) is 12.1. The first-order chi connectivity index (χ1) is 9.78. The molecule has 0 bridgehead atoms. The van der Waals surface area contributed by atoms with Crippen molar-refractivity contribution in [2.45, 2.75) is 32.3 Å². The molecule has 2 N–H and O–H groups in total. The molecule has 0 fully saturated rings. The number of aromatic nitrogens is 2. The van der Waals surface area contributed by atoms with Gasteiger partial charge in [0.15, 0.2) is 0 Å². The number of anilines is 1. The molecule has 1 unspecified atom stereocenters. The molecule has 1 heterocycles. The van der Waals surface area contributed by atoms with Crippen molar-refractivity contribution in [1.29, 1.82) is 0 Å². The Labute approximate surface area is 119 Å². The van der Waals surface area contributed by atoms with E-state index in [4.69, 9.17) is 0 Å². The van der Waals surface area contributed by atoms with Gasteiger partial charge in [0, 0.05) is 19.2 Å². The first-order valence-corrected chi connectivity index (χ1v) is 7.05. The van der Waals surface area contributed by atoms with Crippen molar-refractivity contribution in [2.24, 2.45) is 0 Å². The second-order valence-electron chi connectivity index (χ2n) is 4.84. The summed E-state index contributed by atoms with van der Waals surface area (Å²) in [5.41, 5.74) is 1.19. The molecule has 2 rings (SSSR count). The van der Waals surface area contributed by atoms with E-state index in [0.29, 0.717) is 13.0 Å². The van der Waals surface area contributed by atoms with Crippen LogP contribution in [-0.4, -0.2) is 27.7 Å². The SMILES string of the molecule is CCCC(O)CNc1ccnc(Cc2ccccc2)n1. The molecule has 0 aliphatic rings. The van der Waals surface area contributed by atoms with E-state index in [9.17, 15) is 5.11 Å². The standard InChI is InChI=1S/C16H21N3O/c1-2-6-14(20)12-18-15-9-10-17-16(19-15)11-13-7-4-3-5-8-13/h3-5,7-10,14,20H,2,6,11-12H2,1H3,(H,17,18,19). The van der Waals surface area contributed by atoms with Crippen LogP contribution in [0.1, 0.15) is 31.2 Å². The van der Waals surface area contributed by atoms with Crippen molar-refractivity contribution in [1.82, 2.24) is 9.97 Å². The number of aliphatic hydroxyl groups excluding tert-OH is 1. The topological polar surface area (TPSA) is 58.0 Å². The molecule has 4 heteroatoms. The second-order valence-corrected chi connectivity index (χ2v) is 4.84. The van der Waals surface area contributed by atoms with Gasteiger partial charge in [0.25, 0.3) is 0 Å². The zero-order chi connectivity index (χ0) is 14.2. The fourth-order valence-corrected chi connectivity index (χ4v) is 2.02. The molecule has 0 aliphatic carbocycles. The lowest BCUT2D eigenvalue weighted by Gasteiger charge is -2.11. The summed E-state index contributed by atoms with van der Waals surface area (Å²) in [5.74, 6) is 1.55. The van der Waals surface area contributed by atoms with Gasteiger partial charge in [-0.2, -0.15) is 0 Å². The lowest BCUT2D eigenvalue weighted by molar-refractivity contribution is 0.176. The van der Waals surface area contributed by atoms with Gasteiger partial charge in [-0.25, -0.2) is 9.97 Å². The molecule has 1 aromatic carbocycles. The summed E-state index contributed by atoms with van der Waals surface area (Å²) < 4.78 is 0. The minimum absolute atomic E-state index is 0.326. The number of hydrogen-bond donors (Lipinski definition) is 2. The van der Waals surface area contributed by atoms with Gasteiger partial charge in [-0.05, 0) is 18.1 Å². The van der Waals surface area contributed by atoms with Crippen LogP contribution in [-0.2, 0) is 6.42 Å². The molecule has 20 heavy (non-hydrogen) atoms. The number of nitrogens with one attached hydrogen (secondary N) is 1. The van der Waals surface area contributed by atoms with Crippen LogP contribution in [0.3, 0.4) is 0 Å². The van der Waals surface area contributed by atoms with Crippen LogP contribution in [0.4, 0.5) is 5.82 Å². The van der Waals surface area contributed by atoms with Gasteiger partial charge >= 0.3 is 0 Å². The Morgan fingerprint density at radius 3 is 2.75 bits per heavy atom. The maximum atomic E-state index is 9.71. The monoisotopic (exact) mass is 271 g/mol. The molecule has 1 aromatic heterocycles. The summed E-state index contributed by atoms with van der Waals surface area (Å²) in [7, 11) is 0. The summed E-state index contributed by atoms with van der Waals surface area (Å²) in [6.07, 6.45) is 3.92. The maximum absolute atomic E-state index is 9.71. The summed E-state index contributed by atoms with van der Waals surface area (Å²) in [6.45, 7) is 2.58. The molecule has 0 spiro atoms. The highest BCUT2D eigenvalue weighted by atomic mass is 16.3. The average Bonchev–Trinajstić information content (AvgIpc) is 2.47. The second kappa shape index (κ2) is 7.60. The predicted molar refractivity (Wildman–Crippen MR) is 80.7 cm³/mol. The van der Waals surface area contributed by atoms with E-state index in [0.717, 1.165) is 24.5 Å². The molecule has 0 aliphatic heterocycles. The van der Waals surface area contributed by atoms with Crippen molar-refractivity contribution in [3.63, 3.8) is 0 Å². The fourth-order valence-electron chi connectivity index (χ4n) is 2.02. The lowest BCUT2D eigenvalue weighted by Crippen LogP contribution is -2.19. The van der Waals surface area contributed by atoms with Gasteiger partial charge < -0.3 is 10.4 Å². The van der Waals surface area contributed by atoms with Gasteiger partial charge in [0.1, 0.15) is 11.6 Å². The highest BCUT2D eigenvalue weighted by molar-refractivity contribution is 5.33. The van der Waals surface area contributed by atoms with Crippen LogP contribution >= 0.6 is 0 Å². The van der Waals surface area contributed by atoms with Crippen molar-refractivity contribution in [3.8, 4) is 0 Å². The summed E-state index contributed by atoms with van der Waals surface area (Å²) in [6, 6.07) is 12.0. The summed E-state index contributed by atoms with van der Waals surface area (Å²) in [4.78, 5) is 8.75. The van der Waals surface area contributed by atoms with Crippen LogP contribution in [0.2, 0.25) is 0 Å². The Morgan fingerprint density at radius 1 is 1.20 bits per heavy atom. The number of nitrogens with zero attached hydrogens (tertiary/aromatic N) is 2. The molecule has 4 nitrogen and oxygen atoms in total. The number of hydrogen-bond acceptors (Lipinski definition) is 4. The largest absolute Gasteiger partial charge is 0.391 e. The Balaban J connectivity index is 1.94. The van der Waals surface area contributed by atoms with Crippen LogP contribution in [0.5, 0.6) is 0 Å². The van der Waals surface area contributed by atoms with Crippen molar-refractivity contribution in [3.05, 3.63) is 54.0 Å². The zero-order valence-electron chi connectivity index (χ0n) is 11.8. The first kappa shape index (κ1) is 14.5. The Morgan fingerprint density at radius 2 is 2.00 bits per heavy atom. The van der Waals surface area contributed by atoms with Crippen LogP contribution < -0.4 is 5.32 Å². The van der Waals surface area contributed by atoms with Crippen molar-refractivity contribution < 1.29 is 5.11 Å². The molecule has 0 saturated heterocycles. The Bertz CT molecular complexity index is 516. The molecular weight excluding hydrogens is 250 g/mol. The smallest absolute Gasteiger partial charge is 0.135 e. The van der Waals surface area contributed by atoms with E-state index in [-0.39, 0.29) is 6.10 Å². The van der Waals surface area contributed by atoms with Crippen LogP contribution in [0.25, 0.3) is 0 Å². The Hall–Kier alpha value is -1.94. The van der Waals surface area contributed by atoms with Gasteiger partial charge in [0.2, 0.25) is 0 Å². The lowest BCUT2D eigenvalue weighted by atomic mass is 10.1. The van der Waals surface area contributed by atoms with Gasteiger partial charge in [0.05, 0.1) is 6.10 Å². The molecule has 0 radical (unpaired) electrons. The molecule has 2 aromatic rings. The first-order valence-electron chi connectivity index (χ1n) is 7.05. The highest BCUT2D eigenvalue weighted by Gasteiger charge is 2.04. The summed E-state index contributed by atoms with van der Waals surface area (Å²) >= 11 is 0. The highest BCUT2D eigenvalue weighted by Crippen LogP contribution is 2.08. The number of rotatable bonds is 7. The van der Waals surface area contributed by atoms with E-state index in [2.05, 4.69) is 34.3 Å². The number of benzene rings is 1. The minimum Gasteiger partial charge on any atom is -0.391 e. The van der Waals surface area contributed by atoms with E-state index in [1.54, 1.807) is 6.20 Å². The summed E-state index contributed by atoms with van der Waals surface area (Å²) in [5, 5.41) is 12.9. The maximum Gasteiger partial charge on any atom is 0.135 e. The van der Waals surface area contributed by atoms with E-state index >= 15 is 0 Å². The van der Waals surface area contributed by atoms with Crippen molar-refractivity contribution >= 4 is 5.82 Å². The molecule has 1 atom stereocenters. The average molecular weight is 271 g/mol. The van der Waals surface area contributed by atoms with Gasteiger partial charge in [-0.15, -0.1) is 0 Å². The predicted octanol–water partition coefficient (Wildman–Crippen LogP) is 2.64. The Kier molecular flexibility index (Phi) is 5.50. The zero-order valence-corrected chi connectivity index (χ0v) is 11.8. The third-order valence-corrected chi connectivity index (χ3v) is 3.05. The van der Waals surface area contributed by atoms with Gasteiger partial charge in [-0.1, -0.05) is 43.7 Å². The van der Waals surface area contributed by atoms with Crippen LogP contribution in [0.15, 0.2) is 42.6 Å². The molecule has 106 valence electrons. The third-order valence-electron chi connectivity index (χ3n) is 3.05. The fraction of sp³-hybridized carbons (Fsp3) is 0.375. The van der Waals surface area contributed by atoms with E-state index < -0.39 is 0 Å². The molecule has 0 amide bonds. The third kappa shape index (κ3) is 4.63. The van der Waals surface area contributed by atoms with Crippen molar-refractivity contribution in [2.75, 3.05) is 11.9 Å². The van der Waals surface area contributed by atoms with E-state index in [1.807, 2.05) is 24.3 Å². The quantitative estimate of drug-likeness (QED) is 0.813. The number of aliphatic hydroxyl groups is 1. The molecule has 0 saturated carbocycles. The minimum atomic E-state index is -0.326.